The van der Waals surface area contributed by atoms with Crippen LogP contribution in [-0.2, 0) is 9.84 Å². The SMILES string of the molecule is CCS(=O)(=O)[C@H](CN)C1CCCC1. The van der Waals surface area contributed by atoms with E-state index in [1.54, 1.807) is 6.92 Å². The van der Waals surface area contributed by atoms with E-state index in [0.29, 0.717) is 12.5 Å². The number of hydrogen-bond acceptors (Lipinski definition) is 3. The van der Waals surface area contributed by atoms with Gasteiger partial charge in [0.05, 0.1) is 5.25 Å². The predicted octanol–water partition coefficient (Wildman–Crippen LogP) is 0.939. The van der Waals surface area contributed by atoms with Crippen LogP contribution in [0.1, 0.15) is 32.6 Å². The van der Waals surface area contributed by atoms with Crippen molar-refractivity contribution in [3.8, 4) is 0 Å². The van der Waals surface area contributed by atoms with E-state index in [0.717, 1.165) is 12.8 Å². The first-order chi connectivity index (χ1) is 6.11. The molecule has 0 bridgehead atoms. The summed E-state index contributed by atoms with van der Waals surface area (Å²) in [5.41, 5.74) is 5.54. The highest BCUT2D eigenvalue weighted by Gasteiger charge is 2.32. The third kappa shape index (κ3) is 2.44. The highest BCUT2D eigenvalue weighted by Crippen LogP contribution is 2.30. The Morgan fingerprint density at radius 1 is 1.38 bits per heavy atom. The molecule has 0 unspecified atom stereocenters. The second-order valence-corrected chi connectivity index (χ2v) is 6.28. The largest absolute Gasteiger partial charge is 0.329 e. The Morgan fingerprint density at radius 3 is 2.31 bits per heavy atom. The van der Waals surface area contributed by atoms with Gasteiger partial charge in [-0.15, -0.1) is 0 Å². The fraction of sp³-hybridized carbons (Fsp3) is 1.00. The van der Waals surface area contributed by atoms with Crippen LogP contribution in [0, 0.1) is 5.92 Å². The fourth-order valence-corrected chi connectivity index (χ4v) is 3.76. The summed E-state index contributed by atoms with van der Waals surface area (Å²) < 4.78 is 23.3. The summed E-state index contributed by atoms with van der Waals surface area (Å²) in [6, 6.07) is 0. The van der Waals surface area contributed by atoms with Crippen molar-refractivity contribution in [3.63, 3.8) is 0 Å². The minimum absolute atomic E-state index is 0.228. The van der Waals surface area contributed by atoms with Gasteiger partial charge in [0.25, 0.3) is 0 Å². The average molecular weight is 205 g/mol. The molecule has 1 fully saturated rings. The molecule has 0 aliphatic heterocycles. The smallest absolute Gasteiger partial charge is 0.154 e. The van der Waals surface area contributed by atoms with Crippen LogP contribution in [-0.4, -0.2) is 26.0 Å². The maximum atomic E-state index is 11.6. The lowest BCUT2D eigenvalue weighted by atomic mass is 10.0. The van der Waals surface area contributed by atoms with Gasteiger partial charge in [-0.3, -0.25) is 0 Å². The first kappa shape index (κ1) is 11.0. The molecular weight excluding hydrogens is 186 g/mol. The summed E-state index contributed by atoms with van der Waals surface area (Å²) in [6.45, 7) is 1.99. The maximum absolute atomic E-state index is 11.6. The molecule has 0 aromatic rings. The van der Waals surface area contributed by atoms with E-state index < -0.39 is 9.84 Å². The zero-order valence-electron chi connectivity index (χ0n) is 8.20. The first-order valence-electron chi connectivity index (χ1n) is 5.03. The molecule has 1 aliphatic carbocycles. The third-order valence-corrected chi connectivity index (χ3v) is 5.33. The minimum Gasteiger partial charge on any atom is -0.329 e. The highest BCUT2D eigenvalue weighted by molar-refractivity contribution is 7.92. The van der Waals surface area contributed by atoms with Gasteiger partial charge in [0.1, 0.15) is 0 Å². The van der Waals surface area contributed by atoms with Crippen molar-refractivity contribution in [1.29, 1.82) is 0 Å². The van der Waals surface area contributed by atoms with Gasteiger partial charge in [-0.05, 0) is 18.8 Å². The second-order valence-electron chi connectivity index (χ2n) is 3.77. The van der Waals surface area contributed by atoms with Gasteiger partial charge >= 0.3 is 0 Å². The van der Waals surface area contributed by atoms with Gasteiger partial charge in [-0.25, -0.2) is 8.42 Å². The van der Waals surface area contributed by atoms with Crippen LogP contribution < -0.4 is 5.73 Å². The molecule has 3 nitrogen and oxygen atoms in total. The number of sulfone groups is 1. The van der Waals surface area contributed by atoms with Crippen LogP contribution in [0.3, 0.4) is 0 Å². The minimum atomic E-state index is -2.92. The van der Waals surface area contributed by atoms with E-state index in [4.69, 9.17) is 5.73 Å². The molecule has 0 heterocycles. The Kier molecular flexibility index (Phi) is 3.74. The van der Waals surface area contributed by atoms with Crippen molar-refractivity contribution in [2.75, 3.05) is 12.3 Å². The molecule has 0 amide bonds. The number of hydrogen-bond donors (Lipinski definition) is 1. The van der Waals surface area contributed by atoms with Crippen molar-refractivity contribution >= 4 is 9.84 Å². The number of rotatable bonds is 4. The summed E-state index contributed by atoms with van der Waals surface area (Å²) in [5, 5.41) is -0.278. The van der Waals surface area contributed by atoms with Crippen molar-refractivity contribution < 1.29 is 8.42 Å². The van der Waals surface area contributed by atoms with E-state index in [1.807, 2.05) is 0 Å². The molecule has 0 spiro atoms. The van der Waals surface area contributed by atoms with E-state index in [1.165, 1.54) is 12.8 Å². The van der Waals surface area contributed by atoms with Gasteiger partial charge in [0, 0.05) is 12.3 Å². The second kappa shape index (κ2) is 4.42. The van der Waals surface area contributed by atoms with Gasteiger partial charge < -0.3 is 5.73 Å². The summed E-state index contributed by atoms with van der Waals surface area (Å²) in [5.74, 6) is 0.556. The molecular formula is C9H19NO2S. The topological polar surface area (TPSA) is 60.2 Å². The van der Waals surface area contributed by atoms with Crippen molar-refractivity contribution in [3.05, 3.63) is 0 Å². The standard InChI is InChI=1S/C9H19NO2S/c1-2-13(11,12)9(7-10)8-5-3-4-6-8/h8-9H,2-7,10H2,1H3/t9-/m1/s1. The van der Waals surface area contributed by atoms with Crippen LogP contribution in [0.25, 0.3) is 0 Å². The summed E-state index contributed by atoms with van der Waals surface area (Å²) in [4.78, 5) is 0. The molecule has 2 N–H and O–H groups in total. The lowest BCUT2D eigenvalue weighted by Gasteiger charge is -2.20. The maximum Gasteiger partial charge on any atom is 0.154 e. The monoisotopic (exact) mass is 205 g/mol. The van der Waals surface area contributed by atoms with Crippen LogP contribution in [0.15, 0.2) is 0 Å². The van der Waals surface area contributed by atoms with Crippen molar-refractivity contribution in [2.45, 2.75) is 37.9 Å². The Labute approximate surface area is 80.6 Å². The molecule has 1 rings (SSSR count). The summed E-state index contributed by atoms with van der Waals surface area (Å²) in [7, 11) is -2.92. The Hall–Kier alpha value is -0.0900. The Balaban J connectivity index is 2.71. The van der Waals surface area contributed by atoms with E-state index in [9.17, 15) is 8.42 Å². The zero-order valence-corrected chi connectivity index (χ0v) is 9.02. The van der Waals surface area contributed by atoms with Crippen LogP contribution in [0.4, 0.5) is 0 Å². The Morgan fingerprint density at radius 2 is 1.92 bits per heavy atom. The lowest BCUT2D eigenvalue weighted by molar-refractivity contribution is 0.487. The fourth-order valence-electron chi connectivity index (χ4n) is 2.18. The van der Waals surface area contributed by atoms with Crippen LogP contribution in [0.2, 0.25) is 0 Å². The molecule has 0 saturated heterocycles. The van der Waals surface area contributed by atoms with E-state index >= 15 is 0 Å². The van der Waals surface area contributed by atoms with Gasteiger partial charge in [-0.1, -0.05) is 19.8 Å². The van der Waals surface area contributed by atoms with Crippen LogP contribution in [0.5, 0.6) is 0 Å². The van der Waals surface area contributed by atoms with Gasteiger partial charge in [-0.2, -0.15) is 0 Å². The zero-order chi connectivity index (χ0) is 9.90. The first-order valence-corrected chi connectivity index (χ1v) is 6.75. The molecule has 0 aromatic heterocycles. The molecule has 0 aromatic carbocycles. The molecule has 78 valence electrons. The quantitative estimate of drug-likeness (QED) is 0.743. The average Bonchev–Trinajstić information content (AvgIpc) is 2.58. The Bertz CT molecular complexity index is 242. The molecule has 0 radical (unpaired) electrons. The lowest BCUT2D eigenvalue weighted by Crippen LogP contribution is -2.36. The molecule has 13 heavy (non-hydrogen) atoms. The normalized spacial score (nSPS) is 22.0. The summed E-state index contributed by atoms with van der Waals surface area (Å²) >= 11 is 0. The van der Waals surface area contributed by atoms with Gasteiger partial charge in [0.15, 0.2) is 9.84 Å². The van der Waals surface area contributed by atoms with E-state index in [-0.39, 0.29) is 11.0 Å². The van der Waals surface area contributed by atoms with Gasteiger partial charge in [0.2, 0.25) is 0 Å². The summed E-state index contributed by atoms with van der Waals surface area (Å²) in [6.07, 6.45) is 4.42. The third-order valence-electron chi connectivity index (χ3n) is 3.02. The highest BCUT2D eigenvalue weighted by atomic mass is 32.2. The molecule has 4 heteroatoms. The van der Waals surface area contributed by atoms with Crippen LogP contribution >= 0.6 is 0 Å². The van der Waals surface area contributed by atoms with Crippen molar-refractivity contribution in [1.82, 2.24) is 0 Å². The molecule has 1 saturated carbocycles. The molecule has 1 atom stereocenters. The predicted molar refractivity (Wildman–Crippen MR) is 54.3 cm³/mol. The van der Waals surface area contributed by atoms with E-state index in [2.05, 4.69) is 0 Å². The number of nitrogens with two attached hydrogens (primary N) is 1. The van der Waals surface area contributed by atoms with Crippen molar-refractivity contribution in [2.24, 2.45) is 11.7 Å². The molecule has 1 aliphatic rings.